The predicted octanol–water partition coefficient (Wildman–Crippen LogP) is 2.55. The van der Waals surface area contributed by atoms with E-state index in [9.17, 15) is 4.79 Å². The van der Waals surface area contributed by atoms with Gasteiger partial charge in [0.05, 0.1) is 5.71 Å². The molecule has 23 heavy (non-hydrogen) atoms. The van der Waals surface area contributed by atoms with E-state index in [-0.39, 0.29) is 11.9 Å². The lowest BCUT2D eigenvalue weighted by Crippen LogP contribution is -2.35. The molecular formula is C18H18N4O. The van der Waals surface area contributed by atoms with Crippen LogP contribution in [0.25, 0.3) is 6.08 Å². The second-order valence-electron chi connectivity index (χ2n) is 4.77. The van der Waals surface area contributed by atoms with Crippen LogP contribution in [0.1, 0.15) is 18.1 Å². The summed E-state index contributed by atoms with van der Waals surface area (Å²) in [4.78, 5) is 11.7. The van der Waals surface area contributed by atoms with Gasteiger partial charge in [0, 0.05) is 6.08 Å². The van der Waals surface area contributed by atoms with Gasteiger partial charge in [-0.1, -0.05) is 60.7 Å². The van der Waals surface area contributed by atoms with E-state index in [0.717, 1.165) is 11.1 Å². The van der Waals surface area contributed by atoms with Gasteiger partial charge in [0.15, 0.2) is 0 Å². The van der Waals surface area contributed by atoms with E-state index >= 15 is 0 Å². The molecule has 5 heteroatoms. The highest BCUT2D eigenvalue weighted by atomic mass is 16.1. The van der Waals surface area contributed by atoms with Crippen molar-refractivity contribution in [1.82, 2.24) is 5.32 Å². The monoisotopic (exact) mass is 306 g/mol. The van der Waals surface area contributed by atoms with Gasteiger partial charge in [-0.3, -0.25) is 10.1 Å². The second kappa shape index (κ2) is 8.29. The summed E-state index contributed by atoms with van der Waals surface area (Å²) in [5.41, 5.74) is 8.23. The summed E-state index contributed by atoms with van der Waals surface area (Å²) in [6.45, 7) is 1.82. The zero-order valence-electron chi connectivity index (χ0n) is 12.8. The Morgan fingerprint density at radius 2 is 1.61 bits per heavy atom. The molecule has 2 aromatic carbocycles. The first-order valence-corrected chi connectivity index (χ1v) is 7.12. The van der Waals surface area contributed by atoms with Gasteiger partial charge in [0.25, 0.3) is 5.91 Å². The number of guanidine groups is 1. The van der Waals surface area contributed by atoms with Crippen molar-refractivity contribution in [3.05, 3.63) is 77.9 Å². The Labute approximate surface area is 135 Å². The highest BCUT2D eigenvalue weighted by Crippen LogP contribution is 2.01. The van der Waals surface area contributed by atoms with Gasteiger partial charge in [-0.15, -0.1) is 5.10 Å². The van der Waals surface area contributed by atoms with E-state index in [1.165, 1.54) is 6.08 Å². The predicted molar refractivity (Wildman–Crippen MR) is 93.9 cm³/mol. The van der Waals surface area contributed by atoms with Crippen molar-refractivity contribution in [2.75, 3.05) is 0 Å². The van der Waals surface area contributed by atoms with Crippen molar-refractivity contribution < 1.29 is 4.79 Å². The Hall–Kier alpha value is -3.21. The molecule has 3 N–H and O–H groups in total. The second-order valence-corrected chi connectivity index (χ2v) is 4.77. The summed E-state index contributed by atoms with van der Waals surface area (Å²) in [7, 11) is 0. The van der Waals surface area contributed by atoms with E-state index < -0.39 is 0 Å². The molecule has 5 nitrogen and oxygen atoms in total. The molecule has 0 saturated carbocycles. The number of nitrogens with zero attached hydrogens (tertiary/aromatic N) is 2. The average molecular weight is 306 g/mol. The minimum absolute atomic E-state index is 0.0528. The Morgan fingerprint density at radius 1 is 1.00 bits per heavy atom. The first-order chi connectivity index (χ1) is 11.1. The normalized spacial score (nSPS) is 12.4. The van der Waals surface area contributed by atoms with Crippen molar-refractivity contribution >= 4 is 23.7 Å². The average Bonchev–Trinajstić information content (AvgIpc) is 2.59. The van der Waals surface area contributed by atoms with E-state index in [1.807, 2.05) is 67.6 Å². The van der Waals surface area contributed by atoms with Gasteiger partial charge in [0.2, 0.25) is 5.96 Å². The van der Waals surface area contributed by atoms with Crippen LogP contribution in [0, 0.1) is 0 Å². The summed E-state index contributed by atoms with van der Waals surface area (Å²) >= 11 is 0. The molecule has 116 valence electrons. The summed E-state index contributed by atoms with van der Waals surface area (Å²) in [5, 5.41) is 10.3. The van der Waals surface area contributed by atoms with Crippen LogP contribution >= 0.6 is 0 Å². The molecule has 0 atom stereocenters. The zero-order chi connectivity index (χ0) is 16.5. The number of nitrogens with one attached hydrogen (secondary N) is 1. The maximum Gasteiger partial charge on any atom is 0.250 e. The number of carbonyl (C=O) groups excluding carboxylic acids is 1. The molecule has 0 heterocycles. The molecule has 0 bridgehead atoms. The molecule has 2 aromatic rings. The van der Waals surface area contributed by atoms with E-state index in [0.29, 0.717) is 5.71 Å². The molecule has 0 unspecified atom stereocenters. The maximum absolute atomic E-state index is 11.7. The topological polar surface area (TPSA) is 79.8 Å². The lowest BCUT2D eigenvalue weighted by atomic mass is 10.1. The van der Waals surface area contributed by atoms with Gasteiger partial charge >= 0.3 is 0 Å². The largest absolute Gasteiger partial charge is 0.368 e. The fourth-order valence-electron chi connectivity index (χ4n) is 1.79. The number of hydrogen-bond donors (Lipinski definition) is 2. The summed E-state index contributed by atoms with van der Waals surface area (Å²) in [5.74, 6) is -0.411. The van der Waals surface area contributed by atoms with Crippen molar-refractivity contribution in [3.8, 4) is 0 Å². The number of benzene rings is 2. The number of nitrogens with two attached hydrogens (primary N) is 1. The minimum Gasteiger partial charge on any atom is -0.368 e. The third-order valence-electron chi connectivity index (χ3n) is 2.98. The van der Waals surface area contributed by atoms with Crippen LogP contribution in [0.15, 0.2) is 76.9 Å². The van der Waals surface area contributed by atoms with Gasteiger partial charge in [-0.2, -0.15) is 5.10 Å². The first kappa shape index (κ1) is 16.2. The Kier molecular flexibility index (Phi) is 5.82. The van der Waals surface area contributed by atoms with Gasteiger partial charge in [0.1, 0.15) is 0 Å². The smallest absolute Gasteiger partial charge is 0.250 e. The molecule has 0 fully saturated rings. The van der Waals surface area contributed by atoms with E-state index in [1.54, 1.807) is 6.08 Å². The molecule has 0 spiro atoms. The third-order valence-corrected chi connectivity index (χ3v) is 2.98. The van der Waals surface area contributed by atoms with Crippen LogP contribution in [0.4, 0.5) is 0 Å². The van der Waals surface area contributed by atoms with E-state index in [2.05, 4.69) is 15.5 Å². The molecule has 1 amide bonds. The number of amides is 1. The van der Waals surface area contributed by atoms with Crippen molar-refractivity contribution in [2.45, 2.75) is 6.92 Å². The van der Waals surface area contributed by atoms with E-state index in [4.69, 9.17) is 5.73 Å². The standard InChI is InChI=1S/C18H18N4O/c1-14(16-10-6-3-7-11-16)21-22-18(19)20-17(23)13-12-15-8-4-2-5-9-15/h2-13H,1H3,(H3,19,20,22,23)/b13-12+,21-14+. The SMILES string of the molecule is C/C(=N\N=C(N)NC(=O)/C=C/c1ccccc1)c1ccccc1. The van der Waals surface area contributed by atoms with Gasteiger partial charge in [-0.05, 0) is 24.1 Å². The van der Waals surface area contributed by atoms with Crippen LogP contribution in [-0.4, -0.2) is 17.6 Å². The molecular weight excluding hydrogens is 288 g/mol. The summed E-state index contributed by atoms with van der Waals surface area (Å²) in [6.07, 6.45) is 3.09. The fourth-order valence-corrected chi connectivity index (χ4v) is 1.79. The van der Waals surface area contributed by atoms with Crippen LogP contribution in [0.5, 0.6) is 0 Å². The Bertz CT molecular complexity index is 734. The summed E-state index contributed by atoms with van der Waals surface area (Å²) < 4.78 is 0. The quantitative estimate of drug-likeness (QED) is 0.394. The van der Waals surface area contributed by atoms with Crippen molar-refractivity contribution in [3.63, 3.8) is 0 Å². The van der Waals surface area contributed by atoms with Crippen LogP contribution in [0.2, 0.25) is 0 Å². The van der Waals surface area contributed by atoms with Gasteiger partial charge < -0.3 is 5.73 Å². The Morgan fingerprint density at radius 3 is 2.26 bits per heavy atom. The van der Waals surface area contributed by atoms with Crippen molar-refractivity contribution in [2.24, 2.45) is 15.9 Å². The maximum atomic E-state index is 11.7. The van der Waals surface area contributed by atoms with Gasteiger partial charge in [-0.25, -0.2) is 0 Å². The zero-order valence-corrected chi connectivity index (χ0v) is 12.8. The minimum atomic E-state index is -0.359. The molecule has 0 saturated heterocycles. The molecule has 2 rings (SSSR count). The lowest BCUT2D eigenvalue weighted by Gasteiger charge is -2.00. The molecule has 0 aromatic heterocycles. The summed E-state index contributed by atoms with van der Waals surface area (Å²) in [6, 6.07) is 19.1. The lowest BCUT2D eigenvalue weighted by molar-refractivity contribution is -0.115. The number of carbonyl (C=O) groups is 1. The first-order valence-electron chi connectivity index (χ1n) is 7.12. The highest BCUT2D eigenvalue weighted by Gasteiger charge is 1.99. The Balaban J connectivity index is 1.94. The molecule has 0 radical (unpaired) electrons. The molecule has 0 aliphatic carbocycles. The van der Waals surface area contributed by atoms with Crippen LogP contribution in [0.3, 0.4) is 0 Å². The fraction of sp³-hybridized carbons (Fsp3) is 0.0556. The van der Waals surface area contributed by atoms with Crippen molar-refractivity contribution in [1.29, 1.82) is 0 Å². The van der Waals surface area contributed by atoms with Crippen LogP contribution < -0.4 is 11.1 Å². The highest BCUT2D eigenvalue weighted by molar-refractivity contribution is 6.04. The number of hydrogen-bond acceptors (Lipinski definition) is 3. The van der Waals surface area contributed by atoms with Crippen LogP contribution in [-0.2, 0) is 4.79 Å². The third kappa shape index (κ3) is 5.59. The number of rotatable bonds is 4. The molecule has 0 aliphatic heterocycles. The molecule has 0 aliphatic rings.